The van der Waals surface area contributed by atoms with E-state index in [4.69, 9.17) is 4.74 Å². The molecule has 0 aliphatic rings. The average molecular weight is 448 g/mol. The van der Waals surface area contributed by atoms with Crippen LogP contribution in [0.15, 0.2) is 108 Å². The second-order valence-electron chi connectivity index (χ2n) is 7.85. The first-order valence-electron chi connectivity index (χ1n) is 10.9. The Morgan fingerprint density at radius 2 is 1.62 bits per heavy atom. The fraction of sp³-hybridized carbons (Fsp3) is 0.0345. The largest absolute Gasteiger partial charge is 0.457 e. The summed E-state index contributed by atoms with van der Waals surface area (Å²) in [5, 5.41) is 0. The van der Waals surface area contributed by atoms with Gasteiger partial charge in [0.25, 0.3) is 0 Å². The molecule has 166 valence electrons. The van der Waals surface area contributed by atoms with Gasteiger partial charge in [-0.15, -0.1) is 0 Å². The van der Waals surface area contributed by atoms with Crippen molar-refractivity contribution in [1.82, 2.24) is 4.40 Å². The summed E-state index contributed by atoms with van der Waals surface area (Å²) in [6, 6.07) is 28.4. The zero-order valence-electron chi connectivity index (χ0n) is 18.5. The maximum absolute atomic E-state index is 13.4. The maximum atomic E-state index is 13.4. The molecule has 0 unspecified atom stereocenters. The minimum atomic E-state index is -0.375. The van der Waals surface area contributed by atoms with Gasteiger partial charge >= 0.3 is 0 Å². The predicted molar refractivity (Wildman–Crippen MR) is 132 cm³/mol. The van der Waals surface area contributed by atoms with Crippen LogP contribution in [0, 0.1) is 12.7 Å². The maximum Gasteiger partial charge on any atom is 0.210 e. The van der Waals surface area contributed by atoms with Crippen LogP contribution in [-0.4, -0.2) is 16.4 Å². The quantitative estimate of drug-likeness (QED) is 0.204. The van der Waals surface area contributed by atoms with Crippen molar-refractivity contribution in [1.29, 1.82) is 0 Å². The highest BCUT2D eigenvalue weighted by Gasteiger charge is 2.20. The average Bonchev–Trinajstić information content (AvgIpc) is 3.14. The first kappa shape index (κ1) is 21.3. The van der Waals surface area contributed by atoms with Crippen LogP contribution >= 0.6 is 0 Å². The zero-order valence-corrected chi connectivity index (χ0v) is 18.5. The van der Waals surface area contributed by atoms with Crippen molar-refractivity contribution < 1.29 is 13.9 Å². The van der Waals surface area contributed by atoms with E-state index < -0.39 is 0 Å². The Labute approximate surface area is 196 Å². The van der Waals surface area contributed by atoms with Crippen molar-refractivity contribution in [2.75, 3.05) is 0 Å². The normalized spacial score (nSPS) is 11.2. The summed E-state index contributed by atoms with van der Waals surface area (Å²) in [5.41, 5.74) is 4.22. The van der Waals surface area contributed by atoms with Crippen LogP contribution in [-0.2, 0) is 0 Å². The topological polar surface area (TPSA) is 43.1 Å². The number of nitrogens with zero attached hydrogens (tertiary/aromatic N) is 2. The van der Waals surface area contributed by atoms with Crippen LogP contribution < -0.4 is 4.74 Å². The molecular formula is C29H21FN2O2. The van der Waals surface area contributed by atoms with Crippen LogP contribution in [0.4, 0.5) is 10.1 Å². The summed E-state index contributed by atoms with van der Waals surface area (Å²) in [5.74, 6) is 0.893. The third kappa shape index (κ3) is 4.24. The predicted octanol–water partition coefficient (Wildman–Crippen LogP) is 7.16. The van der Waals surface area contributed by atoms with Crippen LogP contribution in [0.2, 0.25) is 0 Å². The minimum Gasteiger partial charge on any atom is -0.457 e. The number of pyridine rings is 1. The van der Waals surface area contributed by atoms with E-state index in [1.165, 1.54) is 24.3 Å². The van der Waals surface area contributed by atoms with Crippen molar-refractivity contribution in [2.24, 2.45) is 4.99 Å². The van der Waals surface area contributed by atoms with Gasteiger partial charge in [0.05, 0.1) is 16.9 Å². The van der Waals surface area contributed by atoms with E-state index in [1.807, 2.05) is 90.3 Å². The molecule has 0 saturated heterocycles. The molecule has 5 rings (SSSR count). The number of carbonyl (C=O) groups is 1. The molecule has 0 fully saturated rings. The standard InChI is InChI=1S/C29H21FN2O2/c1-20-26(19-31-23-8-7-11-25(18-23)34-24-9-3-2-4-10-24)27-12-5-6-17-32(27)28(20)29(33)21-13-15-22(30)16-14-21/h2-19H,1H3. The molecule has 5 heteroatoms. The molecule has 2 heterocycles. The molecule has 0 atom stereocenters. The summed E-state index contributed by atoms with van der Waals surface area (Å²) < 4.78 is 21.1. The summed E-state index contributed by atoms with van der Waals surface area (Å²) in [6.45, 7) is 1.90. The Morgan fingerprint density at radius 1 is 0.882 bits per heavy atom. The molecule has 0 radical (unpaired) electrons. The van der Waals surface area contributed by atoms with E-state index in [-0.39, 0.29) is 11.6 Å². The second kappa shape index (κ2) is 9.16. The lowest BCUT2D eigenvalue weighted by atomic mass is 10.0. The molecule has 0 bridgehead atoms. The van der Waals surface area contributed by atoms with Gasteiger partial charge in [-0.2, -0.15) is 0 Å². The number of carbonyl (C=O) groups excluding carboxylic acids is 1. The number of halogens is 1. The van der Waals surface area contributed by atoms with Gasteiger partial charge in [-0.3, -0.25) is 9.79 Å². The Morgan fingerprint density at radius 3 is 2.41 bits per heavy atom. The van der Waals surface area contributed by atoms with Gasteiger partial charge in [-0.1, -0.05) is 30.3 Å². The van der Waals surface area contributed by atoms with Gasteiger partial charge in [0, 0.05) is 29.6 Å². The summed E-state index contributed by atoms with van der Waals surface area (Å²) in [7, 11) is 0. The Kier molecular flexibility index (Phi) is 5.75. The molecule has 0 amide bonds. The van der Waals surface area contributed by atoms with Crippen LogP contribution in [0.5, 0.6) is 11.5 Å². The third-order valence-corrected chi connectivity index (χ3v) is 5.60. The highest BCUT2D eigenvalue weighted by atomic mass is 19.1. The van der Waals surface area contributed by atoms with Crippen LogP contribution in [0.1, 0.15) is 27.2 Å². The fourth-order valence-corrected chi connectivity index (χ4v) is 3.93. The van der Waals surface area contributed by atoms with Gasteiger partial charge in [-0.25, -0.2) is 4.39 Å². The fourth-order valence-electron chi connectivity index (χ4n) is 3.93. The number of hydrogen-bond acceptors (Lipinski definition) is 3. The molecule has 0 aliphatic carbocycles. The zero-order chi connectivity index (χ0) is 23.5. The molecule has 3 aromatic carbocycles. The number of aliphatic imine (C=N–C) groups is 1. The van der Waals surface area contributed by atoms with Gasteiger partial charge in [-0.05, 0) is 73.2 Å². The monoisotopic (exact) mass is 448 g/mol. The number of para-hydroxylation sites is 1. The number of ketones is 1. The molecule has 0 spiro atoms. The Balaban J connectivity index is 1.50. The summed E-state index contributed by atoms with van der Waals surface area (Å²) >= 11 is 0. The lowest BCUT2D eigenvalue weighted by Crippen LogP contribution is -2.07. The molecule has 2 aromatic heterocycles. The number of rotatable bonds is 6. The summed E-state index contributed by atoms with van der Waals surface area (Å²) in [4.78, 5) is 18.0. The molecule has 0 N–H and O–H groups in total. The lowest BCUT2D eigenvalue weighted by molar-refractivity contribution is 0.103. The lowest BCUT2D eigenvalue weighted by Gasteiger charge is -2.05. The highest BCUT2D eigenvalue weighted by molar-refractivity contribution is 6.12. The summed E-state index contributed by atoms with van der Waals surface area (Å²) in [6.07, 6.45) is 3.62. The second-order valence-corrected chi connectivity index (χ2v) is 7.85. The Bertz CT molecular complexity index is 1500. The molecule has 0 aliphatic heterocycles. The number of aromatic nitrogens is 1. The smallest absolute Gasteiger partial charge is 0.210 e. The molecule has 5 aromatic rings. The van der Waals surface area contributed by atoms with Crippen molar-refractivity contribution in [3.05, 3.63) is 131 Å². The van der Waals surface area contributed by atoms with Crippen molar-refractivity contribution >= 4 is 23.2 Å². The van der Waals surface area contributed by atoms with Crippen molar-refractivity contribution in [2.45, 2.75) is 6.92 Å². The molecule has 34 heavy (non-hydrogen) atoms. The van der Waals surface area contributed by atoms with Gasteiger partial charge < -0.3 is 9.14 Å². The SMILES string of the molecule is Cc1c(C=Nc2cccc(Oc3ccccc3)c2)c2ccccn2c1C(=O)c1ccc(F)cc1. The van der Waals surface area contributed by atoms with E-state index in [0.29, 0.717) is 17.0 Å². The van der Waals surface area contributed by atoms with Gasteiger partial charge in [0.2, 0.25) is 5.78 Å². The Hall–Kier alpha value is -4.51. The molecular weight excluding hydrogens is 427 g/mol. The van der Waals surface area contributed by atoms with E-state index in [0.717, 1.165) is 28.1 Å². The first-order valence-corrected chi connectivity index (χ1v) is 10.9. The third-order valence-electron chi connectivity index (χ3n) is 5.60. The van der Waals surface area contributed by atoms with Crippen LogP contribution in [0.25, 0.3) is 5.52 Å². The molecule has 0 saturated carbocycles. The van der Waals surface area contributed by atoms with Crippen molar-refractivity contribution in [3.8, 4) is 11.5 Å². The molecule has 4 nitrogen and oxygen atoms in total. The number of hydrogen-bond donors (Lipinski definition) is 0. The number of benzene rings is 3. The van der Waals surface area contributed by atoms with E-state index in [9.17, 15) is 9.18 Å². The number of ether oxygens (including phenoxy) is 1. The highest BCUT2D eigenvalue weighted by Crippen LogP contribution is 2.27. The minimum absolute atomic E-state index is 0.170. The van der Waals surface area contributed by atoms with Crippen molar-refractivity contribution in [3.63, 3.8) is 0 Å². The van der Waals surface area contributed by atoms with E-state index in [2.05, 4.69) is 4.99 Å². The number of fused-ring (bicyclic) bond motifs is 1. The van der Waals surface area contributed by atoms with Crippen LogP contribution in [0.3, 0.4) is 0 Å². The van der Waals surface area contributed by atoms with E-state index in [1.54, 1.807) is 6.21 Å². The van der Waals surface area contributed by atoms with E-state index >= 15 is 0 Å². The first-order chi connectivity index (χ1) is 16.6. The van der Waals surface area contributed by atoms with Gasteiger partial charge in [0.15, 0.2) is 0 Å². The van der Waals surface area contributed by atoms with Gasteiger partial charge in [0.1, 0.15) is 17.3 Å².